The van der Waals surface area contributed by atoms with Gasteiger partial charge in [0.25, 0.3) is 0 Å². The molecule has 4 N–H and O–H groups in total. The number of aliphatic hydroxyl groups is 1. The van der Waals surface area contributed by atoms with Gasteiger partial charge in [-0.3, -0.25) is 10.1 Å². The fourth-order valence-corrected chi connectivity index (χ4v) is 2.74. The van der Waals surface area contributed by atoms with Gasteiger partial charge >= 0.3 is 6.09 Å². The van der Waals surface area contributed by atoms with Crippen LogP contribution in [-0.2, 0) is 11.3 Å². The molecule has 156 valence electrons. The average Bonchev–Trinajstić information content (AvgIpc) is 2.72. The van der Waals surface area contributed by atoms with Gasteiger partial charge in [-0.05, 0) is 18.2 Å². The van der Waals surface area contributed by atoms with Gasteiger partial charge in [-0.15, -0.1) is 0 Å². The number of benzene rings is 2. The molecular weight excluding hydrogens is 405 g/mol. The highest BCUT2D eigenvalue weighted by molar-refractivity contribution is 5.91. The summed E-state index contributed by atoms with van der Waals surface area (Å²) >= 11 is 0. The molecule has 0 unspecified atom stereocenters. The largest absolute Gasteiger partial charge is 0.453 e. The molecule has 0 aliphatic carbocycles. The van der Waals surface area contributed by atoms with Crippen LogP contribution in [0.2, 0.25) is 0 Å². The second kappa shape index (κ2) is 8.29. The minimum Gasteiger partial charge on any atom is -0.453 e. The van der Waals surface area contributed by atoms with Crippen molar-refractivity contribution in [2.75, 3.05) is 17.7 Å². The Labute approximate surface area is 167 Å². The van der Waals surface area contributed by atoms with E-state index in [0.29, 0.717) is 0 Å². The first-order valence-corrected chi connectivity index (χ1v) is 8.47. The summed E-state index contributed by atoms with van der Waals surface area (Å²) in [7, 11) is 0. The van der Waals surface area contributed by atoms with E-state index < -0.39 is 57.8 Å². The molecule has 3 aromatic rings. The molecule has 1 amide bonds. The van der Waals surface area contributed by atoms with Crippen LogP contribution >= 0.6 is 0 Å². The van der Waals surface area contributed by atoms with Crippen molar-refractivity contribution in [3.8, 4) is 11.3 Å². The number of halogens is 3. The van der Waals surface area contributed by atoms with Gasteiger partial charge in [-0.25, -0.2) is 18.0 Å². The van der Waals surface area contributed by atoms with Gasteiger partial charge in [0.2, 0.25) is 0 Å². The van der Waals surface area contributed by atoms with Gasteiger partial charge in [-0.2, -0.15) is 0 Å². The van der Waals surface area contributed by atoms with Crippen molar-refractivity contribution in [1.29, 1.82) is 0 Å². The Bertz CT molecular complexity index is 1220. The Morgan fingerprint density at radius 2 is 2.00 bits per heavy atom. The van der Waals surface area contributed by atoms with Crippen molar-refractivity contribution in [1.82, 2.24) is 0 Å². The van der Waals surface area contributed by atoms with E-state index in [4.69, 9.17) is 10.2 Å². The van der Waals surface area contributed by atoms with E-state index in [1.54, 1.807) is 0 Å². The predicted molar refractivity (Wildman–Crippen MR) is 103 cm³/mol. The van der Waals surface area contributed by atoms with Gasteiger partial charge in [0.05, 0.1) is 28.9 Å². The maximum Gasteiger partial charge on any atom is 0.412 e. The number of aliphatic hydroxyl groups excluding tert-OH is 1. The van der Waals surface area contributed by atoms with Crippen LogP contribution in [0.4, 0.5) is 29.3 Å². The number of nitrogens with two attached hydrogens (primary N) is 1. The topological polar surface area (TPSA) is 115 Å². The fourth-order valence-electron chi connectivity index (χ4n) is 2.74. The molecule has 0 bridgehead atoms. The summed E-state index contributed by atoms with van der Waals surface area (Å²) in [6, 6.07) is 4.31. The summed E-state index contributed by atoms with van der Waals surface area (Å²) in [6.07, 6.45) is 0.427. The molecule has 1 heterocycles. The van der Waals surface area contributed by atoms with Crippen LogP contribution in [0.25, 0.3) is 22.3 Å². The van der Waals surface area contributed by atoms with Crippen LogP contribution in [0.15, 0.2) is 46.1 Å². The summed E-state index contributed by atoms with van der Waals surface area (Å²) in [5.74, 6) is -3.67. The number of rotatable bonds is 5. The monoisotopic (exact) mass is 420 g/mol. The zero-order chi connectivity index (χ0) is 22.0. The molecule has 0 spiro atoms. The van der Waals surface area contributed by atoms with Gasteiger partial charge in [0.1, 0.15) is 18.2 Å². The van der Waals surface area contributed by atoms with Crippen LogP contribution < -0.4 is 16.5 Å². The minimum absolute atomic E-state index is 0.0318. The Hall–Kier alpha value is -3.79. The lowest BCUT2D eigenvalue weighted by atomic mass is 10.1. The Kier molecular flexibility index (Phi) is 5.79. The number of hydrogen-bond acceptors (Lipinski definition) is 6. The molecule has 1 aromatic heterocycles. The number of carbonyl (C=O) groups is 1. The zero-order valence-corrected chi connectivity index (χ0v) is 15.3. The van der Waals surface area contributed by atoms with E-state index in [1.165, 1.54) is 18.2 Å². The molecular formula is C20H15F3N2O5. The Morgan fingerprint density at radius 1 is 1.27 bits per heavy atom. The molecule has 0 atom stereocenters. The van der Waals surface area contributed by atoms with Crippen LogP contribution in [0.1, 0.15) is 5.56 Å². The average molecular weight is 420 g/mol. The van der Waals surface area contributed by atoms with Crippen LogP contribution in [0.5, 0.6) is 0 Å². The lowest BCUT2D eigenvalue weighted by Gasteiger charge is -2.11. The van der Waals surface area contributed by atoms with Crippen molar-refractivity contribution in [3.63, 3.8) is 0 Å². The summed E-state index contributed by atoms with van der Waals surface area (Å²) in [6.45, 7) is 2.29. The highest BCUT2D eigenvalue weighted by Crippen LogP contribution is 2.32. The van der Waals surface area contributed by atoms with E-state index in [-0.39, 0.29) is 23.6 Å². The van der Waals surface area contributed by atoms with Crippen LogP contribution in [-0.4, -0.2) is 17.8 Å². The third-order valence-electron chi connectivity index (χ3n) is 4.16. The molecule has 0 aliphatic heterocycles. The third kappa shape index (κ3) is 3.72. The lowest BCUT2D eigenvalue weighted by molar-refractivity contribution is 0.174. The maximum atomic E-state index is 14.5. The number of fused-ring (bicyclic) bond motifs is 1. The first-order chi connectivity index (χ1) is 14.3. The van der Waals surface area contributed by atoms with Crippen LogP contribution in [0, 0.1) is 17.5 Å². The first kappa shape index (κ1) is 20.9. The molecule has 0 saturated heterocycles. The van der Waals surface area contributed by atoms with E-state index in [0.717, 1.165) is 12.1 Å². The van der Waals surface area contributed by atoms with Crippen molar-refractivity contribution >= 4 is 28.4 Å². The molecule has 7 nitrogen and oxygen atoms in total. The quantitative estimate of drug-likeness (QED) is 0.428. The van der Waals surface area contributed by atoms with E-state index in [9.17, 15) is 27.9 Å². The molecule has 0 aliphatic rings. The van der Waals surface area contributed by atoms with Gasteiger partial charge in [0, 0.05) is 11.6 Å². The molecule has 2 aromatic carbocycles. The molecule has 0 radical (unpaired) electrons. The van der Waals surface area contributed by atoms with Crippen molar-refractivity contribution < 1.29 is 32.2 Å². The number of nitrogens with one attached hydrogen (secondary N) is 1. The number of anilines is 2. The van der Waals surface area contributed by atoms with E-state index in [2.05, 4.69) is 16.6 Å². The summed E-state index contributed by atoms with van der Waals surface area (Å²) in [5.41, 5.74) is 2.41. The second-order valence-electron chi connectivity index (χ2n) is 6.06. The van der Waals surface area contributed by atoms with Crippen molar-refractivity contribution in [2.24, 2.45) is 0 Å². The first-order valence-electron chi connectivity index (χ1n) is 8.47. The standard InChI is InChI=1S/C20H15F3N2O5/c1-2-5-29-20(28)25-12-4-3-9(6-11(12)21)14-7-13(27)15-18(24)16(22)10(8-26)17(23)19(15)30-14/h2-4,6-7,26H,1,5,8,24H2,(H,25,28). The Balaban J connectivity index is 2.07. The van der Waals surface area contributed by atoms with Gasteiger partial charge in [0.15, 0.2) is 22.6 Å². The highest BCUT2D eigenvalue weighted by atomic mass is 19.1. The summed E-state index contributed by atoms with van der Waals surface area (Å²) in [5, 5.41) is 10.8. The summed E-state index contributed by atoms with van der Waals surface area (Å²) in [4.78, 5) is 23.9. The van der Waals surface area contributed by atoms with Crippen molar-refractivity contribution in [3.05, 3.63) is 70.2 Å². The fraction of sp³-hybridized carbons (Fsp3) is 0.100. The SMILES string of the molecule is C=CCOC(=O)Nc1ccc(-c2cc(=O)c3c(N)c(F)c(CO)c(F)c3o2)cc1F. The minimum atomic E-state index is -1.29. The zero-order valence-electron chi connectivity index (χ0n) is 15.3. The molecule has 3 rings (SSSR count). The van der Waals surface area contributed by atoms with Gasteiger partial charge < -0.3 is 20.0 Å². The van der Waals surface area contributed by atoms with E-state index in [1.807, 2.05) is 0 Å². The Morgan fingerprint density at radius 3 is 2.63 bits per heavy atom. The predicted octanol–water partition coefficient (Wildman–Crippen LogP) is 3.69. The van der Waals surface area contributed by atoms with Gasteiger partial charge in [-0.1, -0.05) is 12.7 Å². The number of ether oxygens (including phenoxy) is 1. The number of hydrogen-bond donors (Lipinski definition) is 3. The number of carbonyl (C=O) groups excluding carboxylic acids is 1. The smallest absolute Gasteiger partial charge is 0.412 e. The normalized spacial score (nSPS) is 10.8. The summed E-state index contributed by atoms with van der Waals surface area (Å²) < 4.78 is 53.0. The molecule has 30 heavy (non-hydrogen) atoms. The van der Waals surface area contributed by atoms with E-state index >= 15 is 0 Å². The maximum absolute atomic E-state index is 14.5. The van der Waals surface area contributed by atoms with Crippen LogP contribution in [0.3, 0.4) is 0 Å². The number of nitrogen functional groups attached to an aromatic ring is 1. The lowest BCUT2D eigenvalue weighted by Crippen LogP contribution is -2.14. The molecule has 0 fully saturated rings. The van der Waals surface area contributed by atoms with Crippen molar-refractivity contribution in [2.45, 2.75) is 6.61 Å². The number of amides is 1. The third-order valence-corrected chi connectivity index (χ3v) is 4.16. The second-order valence-corrected chi connectivity index (χ2v) is 6.06. The molecule has 10 heteroatoms. The highest BCUT2D eigenvalue weighted by Gasteiger charge is 2.23. The molecule has 0 saturated carbocycles.